The van der Waals surface area contributed by atoms with Crippen molar-refractivity contribution in [2.75, 3.05) is 0 Å². The lowest BCUT2D eigenvalue weighted by molar-refractivity contribution is 0.0625. The highest BCUT2D eigenvalue weighted by Gasteiger charge is 2.38. The zero-order valence-electron chi connectivity index (χ0n) is 11.0. The maximum atomic E-state index is 4.57. The topological polar surface area (TPSA) is 16.1 Å². The first-order chi connectivity index (χ1) is 9.42. The summed E-state index contributed by atoms with van der Waals surface area (Å²) in [7, 11) is 0. The van der Waals surface area contributed by atoms with Gasteiger partial charge in [0.15, 0.2) is 0 Å². The van der Waals surface area contributed by atoms with Crippen LogP contribution in [-0.2, 0) is 13.0 Å². The van der Waals surface area contributed by atoms with E-state index in [1.165, 1.54) is 35.4 Å². The van der Waals surface area contributed by atoms with Crippen molar-refractivity contribution >= 4 is 11.3 Å². The molecule has 0 aliphatic carbocycles. The fraction of sp³-hybridized carbons (Fsp3) is 0.438. The molecule has 0 N–H and O–H groups in total. The molecule has 0 radical (unpaired) electrons. The van der Waals surface area contributed by atoms with Crippen molar-refractivity contribution in [3.8, 4) is 0 Å². The zero-order valence-corrected chi connectivity index (χ0v) is 11.8. The third-order valence-electron chi connectivity index (χ3n) is 4.50. The second-order valence-electron chi connectivity index (χ2n) is 5.63. The summed E-state index contributed by atoms with van der Waals surface area (Å²) >= 11 is 1.86. The molecule has 2 bridgehead atoms. The fourth-order valence-electron chi connectivity index (χ4n) is 3.59. The van der Waals surface area contributed by atoms with Crippen LogP contribution in [0.3, 0.4) is 0 Å². The van der Waals surface area contributed by atoms with E-state index in [-0.39, 0.29) is 0 Å². The Bertz CT molecular complexity index is 563. The van der Waals surface area contributed by atoms with Crippen LogP contribution in [0.4, 0.5) is 0 Å². The van der Waals surface area contributed by atoms with E-state index in [1.807, 2.05) is 16.8 Å². The van der Waals surface area contributed by atoms with Gasteiger partial charge < -0.3 is 0 Å². The number of hydrogen-bond donors (Lipinski definition) is 0. The molecule has 2 aliphatic heterocycles. The van der Waals surface area contributed by atoms with Gasteiger partial charge in [-0.3, -0.25) is 4.90 Å². The summed E-state index contributed by atoms with van der Waals surface area (Å²) in [5, 5.41) is 0. The second kappa shape index (κ2) is 4.73. The van der Waals surface area contributed by atoms with Gasteiger partial charge in [-0.05, 0) is 24.8 Å². The second-order valence-corrected chi connectivity index (χ2v) is 6.51. The average molecular weight is 270 g/mol. The maximum Gasteiger partial charge on any atom is 0.0798 e. The summed E-state index contributed by atoms with van der Waals surface area (Å²) in [5.41, 5.74) is 4.85. The zero-order chi connectivity index (χ0) is 12.7. The Kier molecular flexibility index (Phi) is 2.89. The smallest absolute Gasteiger partial charge is 0.0798 e. The SMILES string of the molecule is c1ccc(CN2C3CCCC2c2scnc2C3)cc1. The van der Waals surface area contributed by atoms with Gasteiger partial charge in [0.2, 0.25) is 0 Å². The number of hydrogen-bond acceptors (Lipinski definition) is 3. The lowest BCUT2D eigenvalue weighted by Gasteiger charge is -2.45. The average Bonchev–Trinajstić information content (AvgIpc) is 2.88. The summed E-state index contributed by atoms with van der Waals surface area (Å²) in [5.74, 6) is 0. The normalized spacial score (nSPS) is 26.1. The molecule has 0 saturated carbocycles. The molecule has 2 aromatic rings. The van der Waals surface area contributed by atoms with Gasteiger partial charge >= 0.3 is 0 Å². The van der Waals surface area contributed by atoms with Gasteiger partial charge in [-0.15, -0.1) is 11.3 Å². The van der Waals surface area contributed by atoms with Gasteiger partial charge in [0.05, 0.1) is 11.2 Å². The number of fused-ring (bicyclic) bond motifs is 4. The molecule has 1 aromatic carbocycles. The van der Waals surface area contributed by atoms with Crippen LogP contribution in [0.15, 0.2) is 35.8 Å². The van der Waals surface area contributed by atoms with Gasteiger partial charge in [-0.1, -0.05) is 30.3 Å². The quantitative estimate of drug-likeness (QED) is 0.825. The number of benzene rings is 1. The molecule has 19 heavy (non-hydrogen) atoms. The minimum absolute atomic E-state index is 0.621. The highest BCUT2D eigenvalue weighted by atomic mass is 32.1. The van der Waals surface area contributed by atoms with E-state index in [4.69, 9.17) is 0 Å². The molecule has 1 saturated heterocycles. The molecule has 2 aliphatic rings. The van der Waals surface area contributed by atoms with Crippen LogP contribution in [0.5, 0.6) is 0 Å². The van der Waals surface area contributed by atoms with E-state index in [0.29, 0.717) is 12.1 Å². The molecule has 1 fully saturated rings. The molecule has 1 aromatic heterocycles. The molecule has 0 spiro atoms. The highest BCUT2D eigenvalue weighted by Crippen LogP contribution is 2.43. The Labute approximate surface area is 118 Å². The third kappa shape index (κ3) is 2.01. The summed E-state index contributed by atoms with van der Waals surface area (Å²) in [4.78, 5) is 8.83. The largest absolute Gasteiger partial charge is 0.288 e. The number of nitrogens with zero attached hydrogens (tertiary/aromatic N) is 2. The van der Waals surface area contributed by atoms with E-state index in [0.717, 1.165) is 13.0 Å². The van der Waals surface area contributed by atoms with Crippen molar-refractivity contribution in [3.05, 3.63) is 52.0 Å². The van der Waals surface area contributed by atoms with Crippen molar-refractivity contribution < 1.29 is 0 Å². The van der Waals surface area contributed by atoms with Gasteiger partial charge in [0.1, 0.15) is 0 Å². The van der Waals surface area contributed by atoms with Crippen molar-refractivity contribution in [2.45, 2.75) is 44.3 Å². The number of thiazole rings is 1. The first-order valence-corrected chi connectivity index (χ1v) is 8.02. The summed E-state index contributed by atoms with van der Waals surface area (Å²) in [6, 6.07) is 12.2. The third-order valence-corrected chi connectivity index (χ3v) is 5.47. The standard InChI is InChI=1S/C16H18N2S/c1-2-5-12(6-3-1)10-18-13-7-4-8-15(18)16-14(9-13)17-11-19-16/h1-3,5-6,11,13,15H,4,7-10H2. The van der Waals surface area contributed by atoms with Crippen LogP contribution in [-0.4, -0.2) is 15.9 Å². The minimum Gasteiger partial charge on any atom is -0.288 e. The van der Waals surface area contributed by atoms with E-state index >= 15 is 0 Å². The van der Waals surface area contributed by atoms with Crippen molar-refractivity contribution in [1.82, 2.24) is 9.88 Å². The van der Waals surface area contributed by atoms with Gasteiger partial charge in [-0.2, -0.15) is 0 Å². The minimum atomic E-state index is 0.621. The van der Waals surface area contributed by atoms with Crippen LogP contribution < -0.4 is 0 Å². The van der Waals surface area contributed by atoms with E-state index in [2.05, 4.69) is 40.2 Å². The van der Waals surface area contributed by atoms with Crippen LogP contribution in [0, 0.1) is 0 Å². The Hall–Kier alpha value is -1.19. The van der Waals surface area contributed by atoms with Crippen LogP contribution >= 0.6 is 11.3 Å². The molecule has 2 atom stereocenters. The van der Waals surface area contributed by atoms with Crippen molar-refractivity contribution in [3.63, 3.8) is 0 Å². The summed E-state index contributed by atoms with van der Waals surface area (Å²) in [6.45, 7) is 1.09. The van der Waals surface area contributed by atoms with Crippen LogP contribution in [0.1, 0.15) is 41.4 Å². The Morgan fingerprint density at radius 2 is 2.11 bits per heavy atom. The number of piperidine rings is 1. The monoisotopic (exact) mass is 270 g/mol. The lowest BCUT2D eigenvalue weighted by Crippen LogP contribution is -2.45. The van der Waals surface area contributed by atoms with Crippen LogP contribution in [0.25, 0.3) is 0 Å². The van der Waals surface area contributed by atoms with Gasteiger partial charge in [0, 0.05) is 29.9 Å². The predicted octanol–water partition coefficient (Wildman–Crippen LogP) is 3.80. The summed E-state index contributed by atoms with van der Waals surface area (Å²) < 4.78 is 0. The van der Waals surface area contributed by atoms with E-state index < -0.39 is 0 Å². The van der Waals surface area contributed by atoms with Gasteiger partial charge in [0.25, 0.3) is 0 Å². The molecule has 98 valence electrons. The summed E-state index contributed by atoms with van der Waals surface area (Å²) in [6.07, 6.45) is 5.17. The van der Waals surface area contributed by atoms with Gasteiger partial charge in [-0.25, -0.2) is 4.98 Å². The first-order valence-electron chi connectivity index (χ1n) is 7.14. The first kappa shape index (κ1) is 11.6. The Morgan fingerprint density at radius 1 is 1.21 bits per heavy atom. The fourth-order valence-corrected chi connectivity index (χ4v) is 4.57. The number of aromatic nitrogens is 1. The Morgan fingerprint density at radius 3 is 3.00 bits per heavy atom. The molecule has 3 heteroatoms. The lowest BCUT2D eigenvalue weighted by atomic mass is 9.86. The predicted molar refractivity (Wildman–Crippen MR) is 78.2 cm³/mol. The molecular formula is C16H18N2S. The van der Waals surface area contributed by atoms with E-state index in [9.17, 15) is 0 Å². The van der Waals surface area contributed by atoms with Crippen molar-refractivity contribution in [1.29, 1.82) is 0 Å². The molecular weight excluding hydrogens is 252 g/mol. The number of rotatable bonds is 2. The molecule has 0 amide bonds. The van der Waals surface area contributed by atoms with Crippen LogP contribution in [0.2, 0.25) is 0 Å². The van der Waals surface area contributed by atoms with Crippen molar-refractivity contribution in [2.24, 2.45) is 0 Å². The maximum absolute atomic E-state index is 4.57. The molecule has 3 heterocycles. The highest BCUT2D eigenvalue weighted by molar-refractivity contribution is 7.09. The van der Waals surface area contributed by atoms with E-state index in [1.54, 1.807) is 0 Å². The molecule has 2 unspecified atom stereocenters. The molecule has 2 nitrogen and oxygen atoms in total. The molecule has 4 rings (SSSR count). The Balaban J connectivity index is 1.66.